The van der Waals surface area contributed by atoms with Gasteiger partial charge >= 0.3 is 5.69 Å². The van der Waals surface area contributed by atoms with Gasteiger partial charge in [0, 0.05) is 11.8 Å². The predicted octanol–water partition coefficient (Wildman–Crippen LogP) is 0.176. The van der Waals surface area contributed by atoms with Crippen LogP contribution >= 0.6 is 15.9 Å². The Morgan fingerprint density at radius 2 is 1.79 bits per heavy atom. The molecule has 0 amide bonds. The summed E-state index contributed by atoms with van der Waals surface area (Å²) in [4.78, 5) is 25.0. The second-order valence-corrected chi connectivity index (χ2v) is 7.21. The minimum atomic E-state index is -3.52. The minimum absolute atomic E-state index is 0.214. The largest absolute Gasteiger partial charge is 0.394 e. The van der Waals surface area contributed by atoms with E-state index >= 15 is 0 Å². The van der Waals surface area contributed by atoms with Crippen molar-refractivity contribution in [3.63, 3.8) is 0 Å². The van der Waals surface area contributed by atoms with E-state index in [1.165, 1.54) is 24.3 Å². The van der Waals surface area contributed by atoms with E-state index in [2.05, 4.69) is 15.9 Å². The van der Waals surface area contributed by atoms with Crippen molar-refractivity contribution < 1.29 is 28.8 Å². The Morgan fingerprint density at radius 1 is 1.14 bits per heavy atom. The Labute approximate surface area is 165 Å². The Balaban J connectivity index is 2.04. The molecule has 11 heteroatoms. The first-order chi connectivity index (χ1) is 13.2. The van der Waals surface area contributed by atoms with Crippen LogP contribution in [0.3, 0.4) is 0 Å². The maximum Gasteiger partial charge on any atom is 0.333 e. The van der Waals surface area contributed by atoms with Gasteiger partial charge in [-0.1, -0.05) is 30.3 Å². The monoisotopic (exact) mass is 462 g/mol. The van der Waals surface area contributed by atoms with Gasteiger partial charge in [0.1, 0.15) is 18.3 Å². The van der Waals surface area contributed by atoms with E-state index in [-0.39, 0.29) is 10.0 Å². The normalized spacial score (nSPS) is 25.2. The maximum absolute atomic E-state index is 14.6. The van der Waals surface area contributed by atoms with Gasteiger partial charge in [0.2, 0.25) is 0 Å². The molecule has 1 saturated heterocycles. The van der Waals surface area contributed by atoms with Crippen LogP contribution in [-0.2, 0) is 17.2 Å². The zero-order chi connectivity index (χ0) is 20.6. The molecule has 152 valence electrons. The van der Waals surface area contributed by atoms with E-state index in [4.69, 9.17) is 4.74 Å². The number of alkyl halides is 2. The van der Waals surface area contributed by atoms with Crippen LogP contribution < -0.4 is 11.2 Å². The molecule has 2 aromatic rings. The summed E-state index contributed by atoms with van der Waals surface area (Å²) in [6.45, 7) is -1.86. The van der Waals surface area contributed by atoms with Crippen molar-refractivity contribution in [2.24, 2.45) is 0 Å². The number of rotatable bonds is 5. The zero-order valence-electron chi connectivity index (χ0n) is 14.3. The Morgan fingerprint density at radius 3 is 2.36 bits per heavy atom. The number of nitrogens with zero attached hydrogens (tertiary/aromatic N) is 2. The van der Waals surface area contributed by atoms with Gasteiger partial charge in [0.15, 0.2) is 6.23 Å². The molecule has 4 atom stereocenters. The van der Waals surface area contributed by atoms with Crippen molar-refractivity contribution in [3.8, 4) is 0 Å². The summed E-state index contributed by atoms with van der Waals surface area (Å²) in [6, 6.07) is 6.72. The van der Waals surface area contributed by atoms with Crippen LogP contribution in [0.1, 0.15) is 11.8 Å². The summed E-state index contributed by atoms with van der Waals surface area (Å²) < 4.78 is 35.3. The van der Waals surface area contributed by atoms with Crippen molar-refractivity contribution in [2.75, 3.05) is 6.61 Å². The molecule has 1 aliphatic rings. The molecule has 0 bridgehead atoms. The molecule has 2 heterocycles. The van der Waals surface area contributed by atoms with E-state index in [1.54, 1.807) is 6.07 Å². The number of hydrogen-bond donors (Lipinski definition) is 3. The lowest BCUT2D eigenvalue weighted by molar-refractivity contribution is -0.0578. The highest BCUT2D eigenvalue weighted by molar-refractivity contribution is 9.10. The first-order valence-corrected chi connectivity index (χ1v) is 9.04. The lowest BCUT2D eigenvalue weighted by Crippen LogP contribution is -2.46. The molecular weight excluding hydrogens is 446 g/mol. The molecular formula is C17H17BrF2N2O6. The van der Waals surface area contributed by atoms with Crippen LogP contribution in [0, 0.1) is 0 Å². The number of benzene rings is 1. The third kappa shape index (κ3) is 3.67. The second kappa shape index (κ2) is 7.84. The average Bonchev–Trinajstić information content (AvgIpc) is 2.97. The van der Waals surface area contributed by atoms with Crippen molar-refractivity contribution in [2.45, 2.75) is 37.0 Å². The highest BCUT2D eigenvalue weighted by Gasteiger charge is 2.44. The lowest BCUT2D eigenvalue weighted by Gasteiger charge is -2.22. The van der Waals surface area contributed by atoms with Crippen LogP contribution in [0.5, 0.6) is 0 Å². The molecule has 0 spiro atoms. The van der Waals surface area contributed by atoms with Gasteiger partial charge in [-0.05, 0) is 15.9 Å². The van der Waals surface area contributed by atoms with Gasteiger partial charge in [-0.15, -0.1) is 0 Å². The first kappa shape index (κ1) is 20.8. The summed E-state index contributed by atoms with van der Waals surface area (Å²) in [5, 5.41) is 29.1. The summed E-state index contributed by atoms with van der Waals surface area (Å²) in [6.07, 6.45) is -4.75. The second-order valence-electron chi connectivity index (χ2n) is 6.36. The molecule has 1 aliphatic heterocycles. The van der Waals surface area contributed by atoms with Crippen molar-refractivity contribution >= 4 is 15.9 Å². The SMILES string of the molecule is O=c1c(Br)cn([C@@H]2O[C@H](CO)[C@H](O)C2O)c(=O)n1CC(F)(F)c1ccccc1. The highest BCUT2D eigenvalue weighted by Crippen LogP contribution is 2.30. The van der Waals surface area contributed by atoms with Crippen LogP contribution in [-0.4, -0.2) is 49.4 Å². The third-order valence-corrected chi connectivity index (χ3v) is 5.04. The number of hydrogen-bond acceptors (Lipinski definition) is 6. The fourth-order valence-corrected chi connectivity index (χ4v) is 3.43. The van der Waals surface area contributed by atoms with E-state index in [9.17, 15) is 33.7 Å². The van der Waals surface area contributed by atoms with Crippen molar-refractivity contribution in [1.82, 2.24) is 9.13 Å². The zero-order valence-corrected chi connectivity index (χ0v) is 15.9. The standard InChI is InChI=1S/C17H17BrF2N2O6/c18-10-6-21(15-13(25)12(24)11(7-23)28-15)16(27)22(14(10)26)8-17(19,20)9-4-2-1-3-5-9/h1-6,11-13,15,23-25H,7-8H2/t11-,12+,13?,15-/m1/s1. The molecule has 8 nitrogen and oxygen atoms in total. The van der Waals surface area contributed by atoms with E-state index in [0.29, 0.717) is 4.57 Å². The van der Waals surface area contributed by atoms with E-state index in [0.717, 1.165) is 10.8 Å². The molecule has 0 radical (unpaired) electrons. The predicted molar refractivity (Wildman–Crippen MR) is 96.0 cm³/mol. The number of aromatic nitrogens is 2. The molecule has 0 saturated carbocycles. The summed E-state index contributed by atoms with van der Waals surface area (Å²) >= 11 is 2.92. The van der Waals surface area contributed by atoms with E-state index in [1.807, 2.05) is 0 Å². The first-order valence-electron chi connectivity index (χ1n) is 8.24. The van der Waals surface area contributed by atoms with Gasteiger partial charge in [-0.25, -0.2) is 4.79 Å². The number of ether oxygens (including phenoxy) is 1. The van der Waals surface area contributed by atoms with Gasteiger partial charge in [0.05, 0.1) is 17.6 Å². The summed E-state index contributed by atoms with van der Waals surface area (Å²) in [5.41, 5.74) is -2.51. The number of aliphatic hydroxyl groups is 3. The Bertz CT molecular complexity index is 964. The molecule has 0 aliphatic carbocycles. The van der Waals surface area contributed by atoms with Crippen LogP contribution in [0.25, 0.3) is 0 Å². The molecule has 1 aromatic carbocycles. The lowest BCUT2D eigenvalue weighted by atomic mass is 10.1. The Hall–Kier alpha value is -1.92. The topological polar surface area (TPSA) is 114 Å². The molecule has 1 aromatic heterocycles. The van der Waals surface area contributed by atoms with Gasteiger partial charge in [-0.2, -0.15) is 8.78 Å². The fraction of sp³-hybridized carbons (Fsp3) is 0.412. The van der Waals surface area contributed by atoms with E-state index < -0.39 is 54.9 Å². The van der Waals surface area contributed by atoms with Gasteiger partial charge < -0.3 is 20.1 Å². The highest BCUT2D eigenvalue weighted by atomic mass is 79.9. The van der Waals surface area contributed by atoms with Gasteiger partial charge in [0.25, 0.3) is 11.5 Å². The molecule has 3 N–H and O–H groups in total. The molecule has 28 heavy (non-hydrogen) atoms. The van der Waals surface area contributed by atoms with Crippen LogP contribution in [0.15, 0.2) is 50.6 Å². The summed E-state index contributed by atoms with van der Waals surface area (Å²) in [7, 11) is 0. The van der Waals surface area contributed by atoms with Crippen LogP contribution in [0.2, 0.25) is 0 Å². The quantitative estimate of drug-likeness (QED) is 0.583. The Kier molecular flexibility index (Phi) is 5.82. The average molecular weight is 463 g/mol. The molecule has 1 fully saturated rings. The number of aliphatic hydroxyl groups excluding tert-OH is 3. The molecule has 3 rings (SSSR count). The smallest absolute Gasteiger partial charge is 0.333 e. The third-order valence-electron chi connectivity index (χ3n) is 4.50. The van der Waals surface area contributed by atoms with Crippen molar-refractivity contribution in [3.05, 3.63) is 67.4 Å². The molecule has 1 unspecified atom stereocenters. The minimum Gasteiger partial charge on any atom is -0.394 e. The summed E-state index contributed by atoms with van der Waals surface area (Å²) in [5.74, 6) is -3.52. The van der Waals surface area contributed by atoms with Crippen LogP contribution in [0.4, 0.5) is 8.78 Å². The van der Waals surface area contributed by atoms with Crippen molar-refractivity contribution in [1.29, 1.82) is 0 Å². The fourth-order valence-electron chi connectivity index (χ4n) is 2.99. The number of halogens is 3. The van der Waals surface area contributed by atoms with Gasteiger partial charge in [-0.3, -0.25) is 13.9 Å². The maximum atomic E-state index is 14.6.